The highest BCUT2D eigenvalue weighted by Crippen LogP contribution is 2.20. The lowest BCUT2D eigenvalue weighted by Crippen LogP contribution is -2.20. The van der Waals surface area contributed by atoms with Crippen LogP contribution in [0.25, 0.3) is 0 Å². The lowest BCUT2D eigenvalue weighted by atomic mass is 10.1. The molecule has 2 N–H and O–H groups in total. The van der Waals surface area contributed by atoms with Crippen molar-refractivity contribution in [3.05, 3.63) is 29.3 Å². The van der Waals surface area contributed by atoms with E-state index in [1.54, 1.807) is 19.1 Å². The molecular formula is C11H11NO5. The number of carboxylic acid groups (broad SMARTS) is 1. The molecule has 1 aromatic carbocycles. The Morgan fingerprint density at radius 2 is 2.00 bits per heavy atom. The smallest absolute Gasteiger partial charge is 0.395 e. The van der Waals surface area contributed by atoms with Crippen molar-refractivity contribution in [1.82, 2.24) is 0 Å². The van der Waals surface area contributed by atoms with Gasteiger partial charge in [-0.15, -0.1) is 0 Å². The Kier molecular flexibility index (Phi) is 3.82. The van der Waals surface area contributed by atoms with Gasteiger partial charge >= 0.3 is 11.9 Å². The lowest BCUT2D eigenvalue weighted by Gasteiger charge is -2.08. The number of ether oxygens (including phenoxy) is 1. The van der Waals surface area contributed by atoms with Gasteiger partial charge < -0.3 is 15.1 Å². The van der Waals surface area contributed by atoms with Crippen molar-refractivity contribution in [2.75, 3.05) is 0 Å². The van der Waals surface area contributed by atoms with E-state index in [9.17, 15) is 9.59 Å². The van der Waals surface area contributed by atoms with Crippen molar-refractivity contribution in [3.8, 4) is 5.75 Å². The van der Waals surface area contributed by atoms with E-state index >= 15 is 0 Å². The number of carboxylic acids is 1. The normalized spacial score (nSPS) is 11.1. The molecule has 6 heteroatoms. The zero-order chi connectivity index (χ0) is 13.0. The molecule has 0 bridgehead atoms. The van der Waals surface area contributed by atoms with Gasteiger partial charge in [-0.05, 0) is 30.6 Å². The van der Waals surface area contributed by atoms with Crippen molar-refractivity contribution < 1.29 is 24.6 Å². The van der Waals surface area contributed by atoms with Crippen LogP contribution in [0.2, 0.25) is 0 Å². The highest BCUT2D eigenvalue weighted by atomic mass is 16.5. The van der Waals surface area contributed by atoms with Crippen LogP contribution >= 0.6 is 0 Å². The van der Waals surface area contributed by atoms with Crippen molar-refractivity contribution in [1.29, 1.82) is 0 Å². The van der Waals surface area contributed by atoms with Gasteiger partial charge in [-0.3, -0.25) is 4.79 Å². The zero-order valence-electron chi connectivity index (χ0n) is 9.30. The average molecular weight is 237 g/mol. The van der Waals surface area contributed by atoms with Gasteiger partial charge in [0.1, 0.15) is 5.75 Å². The first-order valence-corrected chi connectivity index (χ1v) is 4.70. The minimum atomic E-state index is -1.50. The number of hydrogen-bond acceptors (Lipinski definition) is 5. The molecule has 0 aromatic heterocycles. The summed E-state index contributed by atoms with van der Waals surface area (Å²) in [5.74, 6) is -2.37. The summed E-state index contributed by atoms with van der Waals surface area (Å²) in [7, 11) is 0. The van der Waals surface area contributed by atoms with Crippen molar-refractivity contribution in [2.45, 2.75) is 13.8 Å². The quantitative estimate of drug-likeness (QED) is 0.267. The Labute approximate surface area is 97.1 Å². The van der Waals surface area contributed by atoms with Crippen LogP contribution in [0.4, 0.5) is 0 Å². The van der Waals surface area contributed by atoms with Crippen LogP contribution < -0.4 is 4.74 Å². The van der Waals surface area contributed by atoms with Crippen molar-refractivity contribution in [3.63, 3.8) is 0 Å². The summed E-state index contributed by atoms with van der Waals surface area (Å²) in [6.07, 6.45) is 0. The van der Waals surface area contributed by atoms with Crippen molar-refractivity contribution in [2.24, 2.45) is 5.16 Å². The number of hydrogen-bond donors (Lipinski definition) is 2. The summed E-state index contributed by atoms with van der Waals surface area (Å²) in [5, 5.41) is 19.6. The molecule has 17 heavy (non-hydrogen) atoms. The van der Waals surface area contributed by atoms with E-state index in [0.717, 1.165) is 0 Å². The summed E-state index contributed by atoms with van der Waals surface area (Å²) >= 11 is 0. The molecule has 0 aliphatic rings. The van der Waals surface area contributed by atoms with E-state index in [4.69, 9.17) is 15.1 Å². The predicted molar refractivity (Wildman–Crippen MR) is 58.7 cm³/mol. The van der Waals surface area contributed by atoms with Gasteiger partial charge in [-0.1, -0.05) is 12.1 Å². The number of oxime groups is 1. The summed E-state index contributed by atoms with van der Waals surface area (Å²) < 4.78 is 4.89. The summed E-state index contributed by atoms with van der Waals surface area (Å²) in [6, 6.07) is 4.61. The Bertz CT molecular complexity index is 493. The van der Waals surface area contributed by atoms with Gasteiger partial charge in [-0.2, -0.15) is 0 Å². The second-order valence-corrected chi connectivity index (χ2v) is 3.35. The molecule has 1 aromatic rings. The number of nitrogens with zero attached hydrogens (tertiary/aromatic N) is 1. The molecule has 0 saturated carbocycles. The number of aryl methyl sites for hydroxylation is 1. The molecule has 0 spiro atoms. The number of aliphatic carboxylic acids is 1. The topological polar surface area (TPSA) is 96.2 Å². The van der Waals surface area contributed by atoms with Crippen LogP contribution in [-0.4, -0.2) is 28.0 Å². The SMILES string of the molecule is CC(=O)c1ccc(C)c(OC(=NO)C(=O)O)c1. The highest BCUT2D eigenvalue weighted by molar-refractivity contribution is 6.32. The maximum Gasteiger partial charge on any atom is 0.395 e. The Hall–Kier alpha value is -2.37. The van der Waals surface area contributed by atoms with E-state index in [1.165, 1.54) is 13.0 Å². The fraction of sp³-hybridized carbons (Fsp3) is 0.182. The van der Waals surface area contributed by atoms with Gasteiger partial charge in [0, 0.05) is 5.56 Å². The van der Waals surface area contributed by atoms with Gasteiger partial charge in [0.25, 0.3) is 0 Å². The molecule has 6 nitrogen and oxygen atoms in total. The molecule has 90 valence electrons. The highest BCUT2D eigenvalue weighted by Gasteiger charge is 2.15. The van der Waals surface area contributed by atoms with E-state index in [-0.39, 0.29) is 11.5 Å². The number of ketones is 1. The molecule has 0 amide bonds. The number of benzene rings is 1. The van der Waals surface area contributed by atoms with E-state index in [0.29, 0.717) is 11.1 Å². The fourth-order valence-electron chi connectivity index (χ4n) is 1.14. The van der Waals surface area contributed by atoms with Gasteiger partial charge in [-0.25, -0.2) is 4.79 Å². The summed E-state index contributed by atoms with van der Waals surface area (Å²) in [5.41, 5.74) is 1.01. The molecule has 1 rings (SSSR count). The van der Waals surface area contributed by atoms with E-state index in [2.05, 4.69) is 5.16 Å². The number of carbonyl (C=O) groups excluding carboxylic acids is 1. The first-order valence-electron chi connectivity index (χ1n) is 4.70. The van der Waals surface area contributed by atoms with Crippen LogP contribution in [0.1, 0.15) is 22.8 Å². The predicted octanol–water partition coefficient (Wildman–Crippen LogP) is 1.45. The maximum absolute atomic E-state index is 11.1. The second kappa shape index (κ2) is 5.11. The first-order chi connectivity index (χ1) is 7.95. The van der Waals surface area contributed by atoms with Gasteiger partial charge in [0.05, 0.1) is 0 Å². The van der Waals surface area contributed by atoms with E-state index < -0.39 is 11.9 Å². The van der Waals surface area contributed by atoms with Crippen LogP contribution in [-0.2, 0) is 4.79 Å². The molecule has 0 heterocycles. The third-order valence-electron chi connectivity index (χ3n) is 2.08. The molecular weight excluding hydrogens is 226 g/mol. The standard InChI is InChI=1S/C11H11NO5/c1-6-3-4-8(7(2)13)5-9(6)17-10(12-16)11(14)15/h3-5,16H,1-2H3,(H,14,15). The maximum atomic E-state index is 11.1. The molecule has 0 atom stereocenters. The molecule has 0 unspecified atom stereocenters. The largest absolute Gasteiger partial charge is 0.474 e. The molecule has 0 radical (unpaired) electrons. The lowest BCUT2D eigenvalue weighted by molar-refractivity contribution is -0.130. The molecule has 0 aliphatic carbocycles. The molecule has 0 fully saturated rings. The van der Waals surface area contributed by atoms with Crippen LogP contribution in [0, 0.1) is 6.92 Å². The van der Waals surface area contributed by atoms with Gasteiger partial charge in [0.15, 0.2) is 5.78 Å². The minimum Gasteiger partial charge on any atom is -0.474 e. The number of rotatable bonds is 2. The molecule has 0 aliphatic heterocycles. The zero-order valence-corrected chi connectivity index (χ0v) is 9.30. The Morgan fingerprint density at radius 3 is 2.47 bits per heavy atom. The number of carbonyl (C=O) groups is 2. The minimum absolute atomic E-state index is 0.160. The third kappa shape index (κ3) is 3.04. The second-order valence-electron chi connectivity index (χ2n) is 3.35. The van der Waals surface area contributed by atoms with Crippen LogP contribution in [0.5, 0.6) is 5.75 Å². The summed E-state index contributed by atoms with van der Waals surface area (Å²) in [4.78, 5) is 21.7. The number of Topliss-reactive ketones (excluding diaryl/α,β-unsaturated/α-hetero) is 1. The average Bonchev–Trinajstić information content (AvgIpc) is 2.27. The van der Waals surface area contributed by atoms with Crippen LogP contribution in [0.3, 0.4) is 0 Å². The van der Waals surface area contributed by atoms with Crippen LogP contribution in [0.15, 0.2) is 23.4 Å². The fourth-order valence-corrected chi connectivity index (χ4v) is 1.14. The third-order valence-corrected chi connectivity index (χ3v) is 2.08. The summed E-state index contributed by atoms with van der Waals surface area (Å²) in [6.45, 7) is 3.06. The monoisotopic (exact) mass is 237 g/mol. The van der Waals surface area contributed by atoms with E-state index in [1.807, 2.05) is 0 Å². The Balaban J connectivity index is 3.09. The van der Waals surface area contributed by atoms with Gasteiger partial charge in [0.2, 0.25) is 0 Å². The Morgan fingerprint density at radius 1 is 1.35 bits per heavy atom. The first kappa shape index (κ1) is 12.7. The molecule has 0 saturated heterocycles. The van der Waals surface area contributed by atoms with Crippen molar-refractivity contribution >= 4 is 17.7 Å².